The van der Waals surface area contributed by atoms with E-state index in [4.69, 9.17) is 0 Å². The van der Waals surface area contributed by atoms with Crippen molar-refractivity contribution in [1.82, 2.24) is 0 Å². The van der Waals surface area contributed by atoms with Gasteiger partial charge in [-0.3, -0.25) is 0 Å². The number of hydrogen-bond donors (Lipinski definition) is 1. The van der Waals surface area contributed by atoms with Crippen LogP contribution in [0.4, 0.5) is 0 Å². The van der Waals surface area contributed by atoms with E-state index in [-0.39, 0.29) is 0 Å². The molecule has 0 bridgehead atoms. The fourth-order valence-corrected chi connectivity index (χ4v) is 1.28. The van der Waals surface area contributed by atoms with Gasteiger partial charge < -0.3 is 5.73 Å². The largest absolute Gasteiger partial charge is 0.355 e. The van der Waals surface area contributed by atoms with Gasteiger partial charge in [0.05, 0.1) is 6.04 Å². The van der Waals surface area contributed by atoms with Crippen LogP contribution in [-0.2, 0) is 0 Å². The molecule has 0 fully saturated rings. The predicted octanol–water partition coefficient (Wildman–Crippen LogP) is 2.22. The fourth-order valence-electron chi connectivity index (χ4n) is 1.28. The number of hydrogen-bond acceptors (Lipinski definition) is 0. The van der Waals surface area contributed by atoms with E-state index in [9.17, 15) is 0 Å². The summed E-state index contributed by atoms with van der Waals surface area (Å²) in [4.78, 5) is 0. The molecule has 0 aliphatic rings. The summed E-state index contributed by atoms with van der Waals surface area (Å²) in [5.41, 5.74) is 4.13. The second kappa shape index (κ2) is 6.66. The molecule has 0 aliphatic heterocycles. The Morgan fingerprint density at radius 3 is 2.18 bits per heavy atom. The average Bonchev–Trinajstić information content (AvgIpc) is 2.01. The molecule has 0 saturated carbocycles. The zero-order chi connectivity index (χ0) is 8.69. The van der Waals surface area contributed by atoms with Gasteiger partial charge in [0.1, 0.15) is 0 Å². The molecule has 68 valence electrons. The lowest BCUT2D eigenvalue weighted by Crippen LogP contribution is -2.60. The van der Waals surface area contributed by atoms with Gasteiger partial charge in [0.2, 0.25) is 0 Å². The highest BCUT2D eigenvalue weighted by molar-refractivity contribution is 4.56. The smallest absolute Gasteiger partial charge is 0.0843 e. The number of rotatable bonds is 6. The molecule has 0 aromatic rings. The van der Waals surface area contributed by atoms with E-state index in [1.807, 2.05) is 0 Å². The van der Waals surface area contributed by atoms with Crippen molar-refractivity contribution in [3.8, 4) is 0 Å². The third kappa shape index (κ3) is 6.36. The summed E-state index contributed by atoms with van der Waals surface area (Å²) in [6, 6.07) is 0.703. The van der Waals surface area contributed by atoms with E-state index in [1.165, 1.54) is 32.1 Å². The van der Waals surface area contributed by atoms with Crippen molar-refractivity contribution in [1.29, 1.82) is 0 Å². The van der Waals surface area contributed by atoms with Crippen molar-refractivity contribution in [2.24, 2.45) is 5.92 Å². The molecule has 0 aromatic heterocycles. The van der Waals surface area contributed by atoms with Crippen LogP contribution in [0, 0.1) is 5.92 Å². The Labute approximate surface area is 71.4 Å². The third-order valence-electron chi connectivity index (χ3n) is 2.46. The van der Waals surface area contributed by atoms with E-state index >= 15 is 0 Å². The first-order valence-electron chi connectivity index (χ1n) is 5.03. The van der Waals surface area contributed by atoms with Gasteiger partial charge in [-0.2, -0.15) is 0 Å². The Hall–Kier alpha value is -0.0400. The van der Waals surface area contributed by atoms with E-state index in [1.54, 1.807) is 0 Å². The van der Waals surface area contributed by atoms with Crippen LogP contribution in [0.5, 0.6) is 0 Å². The summed E-state index contributed by atoms with van der Waals surface area (Å²) >= 11 is 0. The maximum atomic E-state index is 4.13. The van der Waals surface area contributed by atoms with Crippen LogP contribution in [-0.4, -0.2) is 6.04 Å². The van der Waals surface area contributed by atoms with E-state index in [0.29, 0.717) is 6.04 Å². The second-order valence-corrected chi connectivity index (χ2v) is 3.75. The molecular weight excluding hydrogens is 134 g/mol. The summed E-state index contributed by atoms with van der Waals surface area (Å²) in [6.45, 7) is 6.84. The molecular formula is C10H24N+. The molecule has 11 heavy (non-hydrogen) atoms. The predicted molar refractivity (Wildman–Crippen MR) is 50.3 cm³/mol. The molecule has 0 amide bonds. The standard InChI is InChI=1S/C10H23N/c1-4-6-10(11)8-7-9(3)5-2/h9-10H,4-8,11H2,1-3H3/p+1. The molecule has 0 heterocycles. The highest BCUT2D eigenvalue weighted by Gasteiger charge is 2.06. The zero-order valence-electron chi connectivity index (χ0n) is 8.40. The quantitative estimate of drug-likeness (QED) is 0.614. The van der Waals surface area contributed by atoms with Crippen molar-refractivity contribution < 1.29 is 5.73 Å². The van der Waals surface area contributed by atoms with Crippen LogP contribution >= 0.6 is 0 Å². The fraction of sp³-hybridized carbons (Fsp3) is 1.00. The first kappa shape index (κ1) is 11.0. The summed E-state index contributed by atoms with van der Waals surface area (Å²) in [7, 11) is 0. The van der Waals surface area contributed by atoms with Crippen LogP contribution in [0.1, 0.15) is 52.9 Å². The van der Waals surface area contributed by atoms with Crippen LogP contribution in [0.25, 0.3) is 0 Å². The molecule has 1 nitrogen and oxygen atoms in total. The topological polar surface area (TPSA) is 27.6 Å². The summed E-state index contributed by atoms with van der Waals surface area (Å²) in [5.74, 6) is 0.899. The highest BCUT2D eigenvalue weighted by Crippen LogP contribution is 2.11. The lowest BCUT2D eigenvalue weighted by Gasteiger charge is -2.10. The third-order valence-corrected chi connectivity index (χ3v) is 2.46. The minimum Gasteiger partial charge on any atom is -0.355 e. The van der Waals surface area contributed by atoms with Crippen LogP contribution in [0.15, 0.2) is 0 Å². The highest BCUT2D eigenvalue weighted by atomic mass is 14.6. The van der Waals surface area contributed by atoms with Gasteiger partial charge >= 0.3 is 0 Å². The Morgan fingerprint density at radius 1 is 1.09 bits per heavy atom. The van der Waals surface area contributed by atoms with Gasteiger partial charge in [-0.05, 0) is 25.2 Å². The molecule has 3 N–H and O–H groups in total. The normalized spacial score (nSPS) is 16.4. The van der Waals surface area contributed by atoms with Gasteiger partial charge in [-0.15, -0.1) is 0 Å². The first-order valence-corrected chi connectivity index (χ1v) is 5.03. The van der Waals surface area contributed by atoms with Crippen LogP contribution in [0.3, 0.4) is 0 Å². The summed E-state index contributed by atoms with van der Waals surface area (Å²) in [6.07, 6.45) is 6.59. The van der Waals surface area contributed by atoms with Crippen molar-refractivity contribution >= 4 is 0 Å². The second-order valence-electron chi connectivity index (χ2n) is 3.75. The summed E-state index contributed by atoms with van der Waals surface area (Å²) < 4.78 is 0. The molecule has 2 atom stereocenters. The van der Waals surface area contributed by atoms with Crippen LogP contribution < -0.4 is 5.73 Å². The van der Waals surface area contributed by atoms with Crippen molar-refractivity contribution in [3.63, 3.8) is 0 Å². The van der Waals surface area contributed by atoms with E-state index in [0.717, 1.165) is 5.92 Å². The van der Waals surface area contributed by atoms with Gasteiger partial charge in [-0.25, -0.2) is 0 Å². The molecule has 0 saturated heterocycles. The summed E-state index contributed by atoms with van der Waals surface area (Å²) in [5, 5.41) is 0. The lowest BCUT2D eigenvalue weighted by atomic mass is 9.98. The monoisotopic (exact) mass is 158 g/mol. The minimum absolute atomic E-state index is 0.703. The molecule has 0 spiro atoms. The van der Waals surface area contributed by atoms with Crippen molar-refractivity contribution in [2.75, 3.05) is 0 Å². The number of quaternary nitrogens is 1. The van der Waals surface area contributed by atoms with E-state index in [2.05, 4.69) is 26.5 Å². The molecule has 2 unspecified atom stereocenters. The molecule has 0 radical (unpaired) electrons. The molecule has 0 aliphatic carbocycles. The zero-order valence-corrected chi connectivity index (χ0v) is 8.40. The van der Waals surface area contributed by atoms with Crippen LogP contribution in [0.2, 0.25) is 0 Å². The van der Waals surface area contributed by atoms with Gasteiger partial charge in [0.15, 0.2) is 0 Å². The van der Waals surface area contributed by atoms with Gasteiger partial charge in [0, 0.05) is 0 Å². The Morgan fingerprint density at radius 2 is 1.73 bits per heavy atom. The molecule has 0 rings (SSSR count). The SMILES string of the molecule is CCCC([NH3+])CCC(C)CC. The first-order chi connectivity index (χ1) is 5.20. The van der Waals surface area contributed by atoms with Crippen molar-refractivity contribution in [2.45, 2.75) is 58.9 Å². The maximum Gasteiger partial charge on any atom is 0.0843 e. The van der Waals surface area contributed by atoms with Crippen molar-refractivity contribution in [3.05, 3.63) is 0 Å². The van der Waals surface area contributed by atoms with E-state index < -0.39 is 0 Å². The van der Waals surface area contributed by atoms with Gasteiger partial charge in [-0.1, -0.05) is 33.6 Å². The Kier molecular flexibility index (Phi) is 6.63. The lowest BCUT2D eigenvalue weighted by molar-refractivity contribution is -0.423. The molecule has 1 heteroatoms. The minimum atomic E-state index is 0.703. The average molecular weight is 158 g/mol. The Balaban J connectivity index is 3.22. The van der Waals surface area contributed by atoms with Gasteiger partial charge in [0.25, 0.3) is 0 Å². The molecule has 0 aromatic carbocycles. The Bertz CT molecular complexity index is 80.9. The maximum absolute atomic E-state index is 4.13.